The second-order valence-electron chi connectivity index (χ2n) is 5.09. The van der Waals surface area contributed by atoms with Crippen molar-refractivity contribution in [3.8, 4) is 0 Å². The molecule has 2 amide bonds. The maximum Gasteiger partial charge on any atom is 0.317 e. The van der Waals surface area contributed by atoms with Crippen molar-refractivity contribution in [2.45, 2.75) is 37.7 Å². The van der Waals surface area contributed by atoms with Gasteiger partial charge >= 0.3 is 6.03 Å². The second kappa shape index (κ2) is 5.69. The smallest absolute Gasteiger partial charge is 0.317 e. The third kappa shape index (κ3) is 3.57. The average molecular weight is 242 g/mol. The van der Waals surface area contributed by atoms with Gasteiger partial charge in [-0.25, -0.2) is 4.79 Å². The quantitative estimate of drug-likeness (QED) is 0.750. The highest BCUT2D eigenvalue weighted by atomic mass is 16.5. The largest absolute Gasteiger partial charge is 0.386 e. The highest BCUT2D eigenvalue weighted by molar-refractivity contribution is 5.74. The predicted octanol–water partition coefficient (Wildman–Crippen LogP) is 0.723. The molecule has 0 bridgehead atoms. The molecule has 2 saturated heterocycles. The number of hydrogen-bond acceptors (Lipinski definition) is 3. The van der Waals surface area contributed by atoms with E-state index in [0.717, 1.165) is 25.9 Å². The highest BCUT2D eigenvalue weighted by Gasteiger charge is 2.33. The van der Waals surface area contributed by atoms with Gasteiger partial charge < -0.3 is 20.1 Å². The third-order valence-electron chi connectivity index (χ3n) is 3.54. The van der Waals surface area contributed by atoms with E-state index in [1.165, 1.54) is 12.8 Å². The zero-order chi connectivity index (χ0) is 12.1. The van der Waals surface area contributed by atoms with Gasteiger partial charge in [0.15, 0.2) is 0 Å². The molecule has 0 radical (unpaired) electrons. The Balaban J connectivity index is 1.75. The molecule has 1 atom stereocenters. The fourth-order valence-electron chi connectivity index (χ4n) is 2.36. The zero-order valence-corrected chi connectivity index (χ0v) is 10.3. The van der Waals surface area contributed by atoms with Gasteiger partial charge in [0, 0.05) is 26.1 Å². The lowest BCUT2D eigenvalue weighted by molar-refractivity contribution is 0.0281. The van der Waals surface area contributed by atoms with Crippen LogP contribution in [0, 0.1) is 0 Å². The fraction of sp³-hybridized carbons (Fsp3) is 0.917. The molecule has 0 aromatic carbocycles. The van der Waals surface area contributed by atoms with Crippen LogP contribution in [-0.2, 0) is 4.74 Å². The lowest BCUT2D eigenvalue weighted by Gasteiger charge is -2.25. The van der Waals surface area contributed by atoms with Crippen molar-refractivity contribution in [3.05, 3.63) is 0 Å². The molecule has 0 saturated carbocycles. The maximum atomic E-state index is 11.9. The van der Waals surface area contributed by atoms with Crippen LogP contribution >= 0.6 is 0 Å². The zero-order valence-electron chi connectivity index (χ0n) is 10.3. The monoisotopic (exact) mass is 242 g/mol. The molecule has 5 heteroatoms. The number of nitrogens with one attached hydrogen (secondary N) is 1. The number of aliphatic hydroxyl groups is 1. The summed E-state index contributed by atoms with van der Waals surface area (Å²) >= 11 is 0. The van der Waals surface area contributed by atoms with Crippen LogP contribution < -0.4 is 5.32 Å². The molecule has 1 unspecified atom stereocenters. The Kier molecular flexibility index (Phi) is 4.23. The Hall–Kier alpha value is -0.810. The van der Waals surface area contributed by atoms with Crippen LogP contribution in [0.4, 0.5) is 4.79 Å². The molecule has 0 aromatic rings. The number of carbonyl (C=O) groups excluding carboxylic acids is 1. The van der Waals surface area contributed by atoms with Crippen molar-refractivity contribution in [1.82, 2.24) is 10.2 Å². The second-order valence-corrected chi connectivity index (χ2v) is 5.09. The van der Waals surface area contributed by atoms with Crippen LogP contribution in [0.25, 0.3) is 0 Å². The van der Waals surface area contributed by atoms with E-state index in [9.17, 15) is 9.90 Å². The first kappa shape index (κ1) is 12.6. The van der Waals surface area contributed by atoms with Gasteiger partial charge in [-0.05, 0) is 12.8 Å². The number of rotatable bonds is 2. The number of carbonyl (C=O) groups is 1. The van der Waals surface area contributed by atoms with E-state index in [4.69, 9.17) is 4.74 Å². The molecule has 0 aliphatic carbocycles. The van der Waals surface area contributed by atoms with Crippen molar-refractivity contribution >= 4 is 6.03 Å². The van der Waals surface area contributed by atoms with Crippen LogP contribution in [0.2, 0.25) is 0 Å². The van der Waals surface area contributed by atoms with E-state index in [1.54, 1.807) is 0 Å². The number of urea groups is 1. The minimum atomic E-state index is -0.860. The van der Waals surface area contributed by atoms with Crippen molar-refractivity contribution in [3.63, 3.8) is 0 Å². The molecule has 0 aromatic heterocycles. The number of amides is 2. The van der Waals surface area contributed by atoms with Gasteiger partial charge in [-0.3, -0.25) is 0 Å². The topological polar surface area (TPSA) is 61.8 Å². The third-order valence-corrected chi connectivity index (χ3v) is 3.54. The van der Waals surface area contributed by atoms with Crippen molar-refractivity contribution < 1.29 is 14.6 Å². The van der Waals surface area contributed by atoms with Crippen molar-refractivity contribution in [1.29, 1.82) is 0 Å². The average Bonchev–Trinajstić information content (AvgIpc) is 2.60. The number of nitrogens with zero attached hydrogens (tertiary/aromatic N) is 1. The van der Waals surface area contributed by atoms with Crippen LogP contribution in [0.15, 0.2) is 0 Å². The SMILES string of the molecule is O=C(NCC1(O)CCOC1)N1CCCCCC1. The predicted molar refractivity (Wildman–Crippen MR) is 63.8 cm³/mol. The summed E-state index contributed by atoms with van der Waals surface area (Å²) in [6.45, 7) is 2.87. The minimum Gasteiger partial charge on any atom is -0.386 e. The van der Waals surface area contributed by atoms with Crippen LogP contribution in [0.3, 0.4) is 0 Å². The molecule has 2 rings (SSSR count). The molecule has 98 valence electrons. The van der Waals surface area contributed by atoms with E-state index in [2.05, 4.69) is 5.32 Å². The number of hydrogen-bond donors (Lipinski definition) is 2. The molecule has 2 N–H and O–H groups in total. The lowest BCUT2D eigenvalue weighted by Crippen LogP contribution is -2.48. The summed E-state index contributed by atoms with van der Waals surface area (Å²) in [6, 6.07) is -0.0489. The van der Waals surface area contributed by atoms with Crippen molar-refractivity contribution in [2.24, 2.45) is 0 Å². The molecule has 5 nitrogen and oxygen atoms in total. The number of ether oxygens (including phenoxy) is 1. The Morgan fingerprint density at radius 3 is 2.59 bits per heavy atom. The first-order chi connectivity index (χ1) is 8.20. The molecular weight excluding hydrogens is 220 g/mol. The Morgan fingerprint density at radius 1 is 1.29 bits per heavy atom. The van der Waals surface area contributed by atoms with Gasteiger partial charge in [-0.1, -0.05) is 12.8 Å². The summed E-state index contributed by atoms with van der Waals surface area (Å²) in [6.07, 6.45) is 5.19. The summed E-state index contributed by atoms with van der Waals surface area (Å²) in [5, 5.41) is 12.9. The molecule has 2 fully saturated rings. The lowest BCUT2D eigenvalue weighted by atomic mass is 10.0. The summed E-state index contributed by atoms with van der Waals surface area (Å²) in [5.41, 5.74) is -0.860. The molecule has 17 heavy (non-hydrogen) atoms. The summed E-state index contributed by atoms with van der Waals surface area (Å²) in [4.78, 5) is 13.8. The summed E-state index contributed by atoms with van der Waals surface area (Å²) in [7, 11) is 0. The first-order valence-electron chi connectivity index (χ1n) is 6.53. The van der Waals surface area contributed by atoms with E-state index in [0.29, 0.717) is 26.2 Å². The molecular formula is C12H22N2O3. The minimum absolute atomic E-state index is 0.0489. The van der Waals surface area contributed by atoms with Gasteiger partial charge in [-0.15, -0.1) is 0 Å². The van der Waals surface area contributed by atoms with Gasteiger partial charge in [0.25, 0.3) is 0 Å². The maximum absolute atomic E-state index is 11.9. The Morgan fingerprint density at radius 2 is 2.00 bits per heavy atom. The standard InChI is InChI=1S/C12H22N2O3/c15-11(14-6-3-1-2-4-7-14)13-9-12(16)5-8-17-10-12/h16H,1-10H2,(H,13,15). The van der Waals surface area contributed by atoms with E-state index < -0.39 is 5.60 Å². The molecule has 2 aliphatic heterocycles. The fourth-order valence-corrected chi connectivity index (χ4v) is 2.36. The highest BCUT2D eigenvalue weighted by Crippen LogP contribution is 2.17. The molecule has 0 spiro atoms. The molecule has 2 heterocycles. The van der Waals surface area contributed by atoms with E-state index >= 15 is 0 Å². The molecule has 2 aliphatic rings. The summed E-state index contributed by atoms with van der Waals surface area (Å²) < 4.78 is 5.14. The normalized spacial score (nSPS) is 30.1. The van der Waals surface area contributed by atoms with Gasteiger partial charge in [-0.2, -0.15) is 0 Å². The van der Waals surface area contributed by atoms with E-state index in [-0.39, 0.29) is 6.03 Å². The van der Waals surface area contributed by atoms with Gasteiger partial charge in [0.1, 0.15) is 5.60 Å². The Labute approximate surface area is 102 Å². The summed E-state index contributed by atoms with van der Waals surface area (Å²) in [5.74, 6) is 0. The van der Waals surface area contributed by atoms with Gasteiger partial charge in [0.05, 0.1) is 13.2 Å². The first-order valence-corrected chi connectivity index (χ1v) is 6.53. The van der Waals surface area contributed by atoms with Crippen molar-refractivity contribution in [2.75, 3.05) is 32.8 Å². The Bertz CT molecular complexity index is 256. The van der Waals surface area contributed by atoms with Crippen LogP contribution in [0.1, 0.15) is 32.1 Å². The van der Waals surface area contributed by atoms with E-state index in [1.807, 2.05) is 4.90 Å². The van der Waals surface area contributed by atoms with Gasteiger partial charge in [0.2, 0.25) is 0 Å². The van der Waals surface area contributed by atoms with Crippen LogP contribution in [-0.4, -0.2) is 54.5 Å². The number of likely N-dealkylation sites (tertiary alicyclic amines) is 1. The van der Waals surface area contributed by atoms with Crippen LogP contribution in [0.5, 0.6) is 0 Å².